The number of carbonyl (C=O) groups excluding carboxylic acids is 1. The monoisotopic (exact) mass is 432 g/mol. The SMILES string of the molecule is C=CC[C@H](O[C@@H]1O[C@@H](C)[C@H](OC)[C@@H](OC)[C@H]1OC)[C@@H](C=O)O[Si](C)(C)C(C)(C)C. The molecule has 0 radical (unpaired) electrons. The van der Waals surface area contributed by atoms with Gasteiger partial charge < -0.3 is 32.9 Å². The zero-order chi connectivity index (χ0) is 22.4. The van der Waals surface area contributed by atoms with Crippen molar-refractivity contribution in [1.29, 1.82) is 0 Å². The summed E-state index contributed by atoms with van der Waals surface area (Å²) in [4.78, 5) is 12.0. The fraction of sp³-hybridized carbons (Fsp3) is 0.857. The van der Waals surface area contributed by atoms with Crippen LogP contribution in [0.4, 0.5) is 0 Å². The first-order valence-electron chi connectivity index (χ1n) is 10.1. The lowest BCUT2D eigenvalue weighted by molar-refractivity contribution is -0.318. The van der Waals surface area contributed by atoms with Crippen LogP contribution in [0.5, 0.6) is 0 Å². The first-order chi connectivity index (χ1) is 13.5. The third-order valence-corrected chi connectivity index (χ3v) is 10.5. The molecule has 1 rings (SSSR count). The second kappa shape index (κ2) is 11.1. The topological polar surface area (TPSA) is 72.5 Å². The van der Waals surface area contributed by atoms with Crippen LogP contribution in [0.1, 0.15) is 34.1 Å². The van der Waals surface area contributed by atoms with Crippen LogP contribution < -0.4 is 0 Å². The summed E-state index contributed by atoms with van der Waals surface area (Å²) in [7, 11) is 2.61. The summed E-state index contributed by atoms with van der Waals surface area (Å²) >= 11 is 0. The Hall–Kier alpha value is -0.613. The van der Waals surface area contributed by atoms with E-state index in [4.69, 9.17) is 28.1 Å². The Kier molecular flexibility index (Phi) is 10.1. The predicted octanol–water partition coefficient (Wildman–Crippen LogP) is 3.33. The molecule has 170 valence electrons. The fourth-order valence-electron chi connectivity index (χ4n) is 3.24. The van der Waals surface area contributed by atoms with E-state index in [1.807, 2.05) is 6.92 Å². The zero-order valence-electron chi connectivity index (χ0n) is 19.5. The third kappa shape index (κ3) is 6.43. The van der Waals surface area contributed by atoms with Gasteiger partial charge in [-0.1, -0.05) is 26.8 Å². The van der Waals surface area contributed by atoms with Gasteiger partial charge in [0, 0.05) is 21.3 Å². The molecule has 0 aliphatic carbocycles. The maximum absolute atomic E-state index is 12.0. The Balaban J connectivity index is 3.08. The Labute approximate surface area is 177 Å². The van der Waals surface area contributed by atoms with E-state index >= 15 is 0 Å². The van der Waals surface area contributed by atoms with Crippen LogP contribution in [0, 0.1) is 0 Å². The van der Waals surface area contributed by atoms with Gasteiger partial charge in [-0.05, 0) is 31.5 Å². The quantitative estimate of drug-likeness (QED) is 0.282. The molecule has 0 bridgehead atoms. The second-order valence-electron chi connectivity index (χ2n) is 8.99. The number of aldehydes is 1. The fourth-order valence-corrected chi connectivity index (χ4v) is 4.48. The van der Waals surface area contributed by atoms with Crippen molar-refractivity contribution in [3.8, 4) is 0 Å². The highest BCUT2D eigenvalue weighted by Crippen LogP contribution is 2.38. The summed E-state index contributed by atoms with van der Waals surface area (Å²) in [5.41, 5.74) is 0. The van der Waals surface area contributed by atoms with Crippen molar-refractivity contribution in [3.63, 3.8) is 0 Å². The molecular formula is C21H40O7Si. The van der Waals surface area contributed by atoms with Crippen molar-refractivity contribution in [2.45, 2.75) is 95.2 Å². The predicted molar refractivity (Wildman–Crippen MR) is 115 cm³/mol. The van der Waals surface area contributed by atoms with E-state index in [0.717, 1.165) is 6.29 Å². The Morgan fingerprint density at radius 2 is 1.62 bits per heavy atom. The molecule has 0 aromatic carbocycles. The van der Waals surface area contributed by atoms with Crippen molar-refractivity contribution in [2.24, 2.45) is 0 Å². The van der Waals surface area contributed by atoms with Gasteiger partial charge in [0.2, 0.25) is 0 Å². The minimum absolute atomic E-state index is 0.0370. The van der Waals surface area contributed by atoms with Gasteiger partial charge >= 0.3 is 0 Å². The van der Waals surface area contributed by atoms with Crippen LogP contribution in [0.3, 0.4) is 0 Å². The van der Waals surface area contributed by atoms with E-state index in [2.05, 4.69) is 40.4 Å². The lowest BCUT2D eigenvalue weighted by Gasteiger charge is -2.45. The molecule has 0 unspecified atom stereocenters. The van der Waals surface area contributed by atoms with Crippen molar-refractivity contribution < 1.29 is 32.9 Å². The number of rotatable bonds is 11. The smallest absolute Gasteiger partial charge is 0.193 e. The molecule has 29 heavy (non-hydrogen) atoms. The van der Waals surface area contributed by atoms with E-state index in [-0.39, 0.29) is 23.4 Å². The van der Waals surface area contributed by atoms with Crippen molar-refractivity contribution >= 4 is 14.6 Å². The van der Waals surface area contributed by atoms with Gasteiger partial charge in [0.05, 0.1) is 12.2 Å². The molecule has 1 aliphatic rings. The number of methoxy groups -OCH3 is 3. The molecule has 1 fully saturated rings. The normalized spacial score (nSPS) is 30.6. The largest absolute Gasteiger partial charge is 0.405 e. The molecule has 0 N–H and O–H groups in total. The third-order valence-electron chi connectivity index (χ3n) is 5.99. The van der Waals surface area contributed by atoms with Crippen LogP contribution >= 0.6 is 0 Å². The minimum Gasteiger partial charge on any atom is -0.405 e. The molecule has 0 aromatic heterocycles. The minimum atomic E-state index is -2.18. The molecule has 1 aliphatic heterocycles. The highest BCUT2D eigenvalue weighted by atomic mass is 28.4. The van der Waals surface area contributed by atoms with Gasteiger partial charge in [0.25, 0.3) is 0 Å². The van der Waals surface area contributed by atoms with E-state index in [1.165, 1.54) is 0 Å². The van der Waals surface area contributed by atoms with Crippen molar-refractivity contribution in [2.75, 3.05) is 21.3 Å². The van der Waals surface area contributed by atoms with E-state index in [9.17, 15) is 4.79 Å². The maximum Gasteiger partial charge on any atom is 0.193 e. The first-order valence-corrected chi connectivity index (χ1v) is 13.0. The Bertz CT molecular complexity index is 520. The van der Waals surface area contributed by atoms with Crippen LogP contribution in [-0.2, 0) is 32.9 Å². The van der Waals surface area contributed by atoms with Gasteiger partial charge in [0.15, 0.2) is 14.6 Å². The number of carbonyl (C=O) groups is 1. The van der Waals surface area contributed by atoms with E-state index in [1.54, 1.807) is 27.4 Å². The Morgan fingerprint density at radius 3 is 2.03 bits per heavy atom. The highest BCUT2D eigenvalue weighted by molar-refractivity contribution is 6.74. The van der Waals surface area contributed by atoms with Crippen LogP contribution in [0.2, 0.25) is 18.1 Å². The molecular weight excluding hydrogens is 392 g/mol. The number of hydrogen-bond acceptors (Lipinski definition) is 7. The molecule has 7 atom stereocenters. The molecule has 0 amide bonds. The molecule has 7 nitrogen and oxygen atoms in total. The van der Waals surface area contributed by atoms with Crippen molar-refractivity contribution in [1.82, 2.24) is 0 Å². The standard InChI is InChI=1S/C21H40O7Si/c1-11-12-15(16(13-22)28-29(9,10)21(3,4)5)27-20-19(25-8)18(24-7)17(23-6)14(2)26-20/h11,13-20H,1,12H2,2-10H3/t14-,15-,16+,17-,18+,19+,20-/m0/s1. The molecule has 1 heterocycles. The molecule has 8 heteroatoms. The average Bonchev–Trinajstić information content (AvgIpc) is 2.64. The lowest BCUT2D eigenvalue weighted by Crippen LogP contribution is -2.60. The van der Waals surface area contributed by atoms with Gasteiger partial charge in [-0.25, -0.2) is 0 Å². The summed E-state index contributed by atoms with van der Waals surface area (Å²) in [5, 5.41) is -0.0370. The van der Waals surface area contributed by atoms with E-state index in [0.29, 0.717) is 6.42 Å². The molecule has 0 saturated carbocycles. The van der Waals surface area contributed by atoms with Gasteiger partial charge in [0.1, 0.15) is 30.7 Å². The zero-order valence-corrected chi connectivity index (χ0v) is 20.5. The molecule has 1 saturated heterocycles. The summed E-state index contributed by atoms with van der Waals surface area (Å²) in [6.07, 6.45) is -0.514. The summed E-state index contributed by atoms with van der Waals surface area (Å²) in [5.74, 6) is 0. The van der Waals surface area contributed by atoms with Crippen LogP contribution in [0.15, 0.2) is 12.7 Å². The number of ether oxygens (including phenoxy) is 5. The van der Waals surface area contributed by atoms with Gasteiger partial charge in [-0.3, -0.25) is 0 Å². The van der Waals surface area contributed by atoms with Crippen LogP contribution in [0.25, 0.3) is 0 Å². The summed E-state index contributed by atoms with van der Waals surface area (Å²) in [6.45, 7) is 16.3. The summed E-state index contributed by atoms with van der Waals surface area (Å²) < 4.78 is 35.4. The maximum atomic E-state index is 12.0. The Morgan fingerprint density at radius 1 is 1.07 bits per heavy atom. The highest BCUT2D eigenvalue weighted by Gasteiger charge is 2.48. The average molecular weight is 433 g/mol. The molecule has 0 aromatic rings. The summed E-state index contributed by atoms with van der Waals surface area (Å²) in [6, 6.07) is 0. The second-order valence-corrected chi connectivity index (χ2v) is 13.7. The van der Waals surface area contributed by atoms with E-state index < -0.39 is 32.9 Å². The molecule has 0 spiro atoms. The van der Waals surface area contributed by atoms with Gasteiger partial charge in [-0.15, -0.1) is 6.58 Å². The van der Waals surface area contributed by atoms with Crippen molar-refractivity contribution in [3.05, 3.63) is 12.7 Å². The number of hydrogen-bond donors (Lipinski definition) is 0. The first kappa shape index (κ1) is 26.4. The van der Waals surface area contributed by atoms with Gasteiger partial charge in [-0.2, -0.15) is 0 Å². The van der Waals surface area contributed by atoms with Crippen LogP contribution in [-0.4, -0.2) is 78.8 Å². The lowest BCUT2D eigenvalue weighted by atomic mass is 9.99.